The summed E-state index contributed by atoms with van der Waals surface area (Å²) in [6, 6.07) is 1.54. The van der Waals surface area contributed by atoms with Crippen LogP contribution in [0.1, 0.15) is 23.0 Å². The maximum absolute atomic E-state index is 13.9. The third-order valence-electron chi connectivity index (χ3n) is 2.95. The minimum absolute atomic E-state index is 0.163. The van der Waals surface area contributed by atoms with Gasteiger partial charge in [0.05, 0.1) is 5.56 Å². The van der Waals surface area contributed by atoms with Crippen LogP contribution in [0.5, 0.6) is 0 Å². The highest BCUT2D eigenvalue weighted by Gasteiger charge is 2.38. The molecule has 124 valence electrons. The van der Waals surface area contributed by atoms with Gasteiger partial charge in [0.25, 0.3) is 0 Å². The van der Waals surface area contributed by atoms with Crippen LogP contribution in [0.4, 0.5) is 23.4 Å². The summed E-state index contributed by atoms with van der Waals surface area (Å²) in [5, 5.41) is 11.2. The van der Waals surface area contributed by atoms with Gasteiger partial charge in [-0.2, -0.15) is 13.2 Å². The van der Waals surface area contributed by atoms with Gasteiger partial charge >= 0.3 is 12.1 Å². The highest BCUT2D eigenvalue weighted by Crippen LogP contribution is 2.32. The van der Waals surface area contributed by atoms with E-state index in [1.807, 2.05) is 0 Å². The molecule has 0 fully saturated rings. The fourth-order valence-electron chi connectivity index (χ4n) is 1.81. The molecule has 23 heavy (non-hydrogen) atoms. The molecule has 0 aliphatic carbocycles. The van der Waals surface area contributed by atoms with Gasteiger partial charge in [-0.05, 0) is 19.1 Å². The number of methoxy groups -OCH3 is 1. The first-order chi connectivity index (χ1) is 10.6. The van der Waals surface area contributed by atoms with E-state index in [2.05, 4.69) is 15.3 Å². The average molecular weight is 333 g/mol. The number of aromatic carboxylic acids is 1. The molecule has 0 aromatic carbocycles. The van der Waals surface area contributed by atoms with Crippen LogP contribution >= 0.6 is 0 Å². The van der Waals surface area contributed by atoms with Crippen molar-refractivity contribution in [3.05, 3.63) is 29.2 Å². The van der Waals surface area contributed by atoms with Crippen molar-refractivity contribution in [2.45, 2.75) is 19.3 Å². The second-order valence-corrected chi connectivity index (χ2v) is 4.58. The Labute approximate surface area is 127 Å². The van der Waals surface area contributed by atoms with Crippen molar-refractivity contribution in [3.8, 4) is 0 Å². The van der Waals surface area contributed by atoms with Crippen molar-refractivity contribution >= 4 is 22.8 Å². The first kappa shape index (κ1) is 16.9. The van der Waals surface area contributed by atoms with Crippen LogP contribution in [0, 0.1) is 5.82 Å². The number of carboxylic acids is 1. The summed E-state index contributed by atoms with van der Waals surface area (Å²) in [7, 11) is 1.34. The Morgan fingerprint density at radius 3 is 2.52 bits per heavy atom. The quantitative estimate of drug-likeness (QED) is 0.661. The van der Waals surface area contributed by atoms with E-state index in [0.29, 0.717) is 6.07 Å². The van der Waals surface area contributed by atoms with Gasteiger partial charge in [0.2, 0.25) is 0 Å². The molecule has 1 atom stereocenters. The highest BCUT2D eigenvalue weighted by molar-refractivity contribution is 5.93. The van der Waals surface area contributed by atoms with Crippen LogP contribution in [0.25, 0.3) is 11.0 Å². The molecule has 0 radical (unpaired) electrons. The number of aromatic nitrogens is 2. The number of carboxylic acid groups (broad SMARTS) is 1. The highest BCUT2D eigenvalue weighted by atomic mass is 19.4. The van der Waals surface area contributed by atoms with E-state index in [9.17, 15) is 22.4 Å². The fourth-order valence-corrected chi connectivity index (χ4v) is 1.81. The van der Waals surface area contributed by atoms with Gasteiger partial charge in [0.1, 0.15) is 6.23 Å². The Bertz CT molecular complexity index is 764. The number of nitrogens with zero attached hydrogens (tertiary/aromatic N) is 2. The van der Waals surface area contributed by atoms with Crippen LogP contribution in [0.2, 0.25) is 0 Å². The SMILES string of the molecule is COC(C)Nc1nc2nc(C(F)(F)F)c(C(=O)O)cc2cc1F. The monoisotopic (exact) mass is 333 g/mol. The molecule has 6 nitrogen and oxygen atoms in total. The number of fused-ring (bicyclic) bond motifs is 1. The van der Waals surface area contributed by atoms with E-state index in [1.54, 1.807) is 0 Å². The van der Waals surface area contributed by atoms with Gasteiger partial charge in [-0.15, -0.1) is 0 Å². The van der Waals surface area contributed by atoms with Crippen molar-refractivity contribution in [1.82, 2.24) is 9.97 Å². The predicted molar refractivity (Wildman–Crippen MR) is 71.6 cm³/mol. The second-order valence-electron chi connectivity index (χ2n) is 4.58. The largest absolute Gasteiger partial charge is 0.478 e. The number of anilines is 1. The molecule has 0 spiro atoms. The Morgan fingerprint density at radius 1 is 1.35 bits per heavy atom. The molecule has 0 saturated carbocycles. The Balaban J connectivity index is 2.66. The van der Waals surface area contributed by atoms with Gasteiger partial charge in [-0.1, -0.05) is 0 Å². The van der Waals surface area contributed by atoms with Crippen LogP contribution in [-0.2, 0) is 10.9 Å². The molecule has 2 aromatic heterocycles. The molecule has 10 heteroatoms. The summed E-state index contributed by atoms with van der Waals surface area (Å²) in [6.07, 6.45) is -5.62. The minimum atomic E-state index is -4.98. The normalized spacial score (nSPS) is 13.1. The maximum atomic E-state index is 13.9. The molecule has 2 heterocycles. The zero-order valence-electron chi connectivity index (χ0n) is 11.9. The van der Waals surface area contributed by atoms with E-state index < -0.39 is 41.1 Å². The standard InChI is InChI=1S/C13H11F4N3O3/c1-5(23-2)18-11-8(14)4-6-3-7(12(21)22)9(13(15,16)17)19-10(6)20-11/h3-5H,1-2H3,(H,21,22)(H,18,19,20). The molecule has 0 saturated heterocycles. The molecule has 0 aliphatic heterocycles. The lowest BCUT2D eigenvalue weighted by Crippen LogP contribution is -2.19. The van der Waals surface area contributed by atoms with Crippen LogP contribution < -0.4 is 5.32 Å². The van der Waals surface area contributed by atoms with E-state index in [-0.39, 0.29) is 11.2 Å². The van der Waals surface area contributed by atoms with Gasteiger partial charge in [-0.25, -0.2) is 19.2 Å². The van der Waals surface area contributed by atoms with Crippen molar-refractivity contribution < 1.29 is 32.2 Å². The molecule has 2 N–H and O–H groups in total. The molecule has 0 aliphatic rings. The smallest absolute Gasteiger partial charge is 0.434 e. The maximum Gasteiger partial charge on any atom is 0.434 e. The summed E-state index contributed by atoms with van der Waals surface area (Å²) in [6.45, 7) is 1.54. The third-order valence-corrected chi connectivity index (χ3v) is 2.95. The molecular formula is C13H11F4N3O3. The zero-order chi connectivity index (χ0) is 17.4. The second kappa shape index (κ2) is 5.95. The fraction of sp³-hybridized carbons (Fsp3) is 0.308. The molecule has 2 rings (SSSR count). The molecule has 0 bridgehead atoms. The van der Waals surface area contributed by atoms with Crippen LogP contribution in [0.15, 0.2) is 12.1 Å². The summed E-state index contributed by atoms with van der Waals surface area (Å²) < 4.78 is 57.5. The summed E-state index contributed by atoms with van der Waals surface area (Å²) in [4.78, 5) is 17.9. The number of pyridine rings is 2. The number of hydrogen-bond acceptors (Lipinski definition) is 5. The van der Waals surface area contributed by atoms with Crippen molar-refractivity contribution in [2.75, 3.05) is 12.4 Å². The number of halogens is 4. The lowest BCUT2D eigenvalue weighted by molar-refractivity contribution is -0.141. The number of ether oxygens (including phenoxy) is 1. The van der Waals surface area contributed by atoms with Gasteiger partial charge in [-0.3, -0.25) is 0 Å². The Hall–Kier alpha value is -2.49. The van der Waals surface area contributed by atoms with Crippen LogP contribution in [-0.4, -0.2) is 34.4 Å². The molecular weight excluding hydrogens is 322 g/mol. The zero-order valence-corrected chi connectivity index (χ0v) is 11.9. The first-order valence-corrected chi connectivity index (χ1v) is 6.24. The lowest BCUT2D eigenvalue weighted by Gasteiger charge is -2.14. The number of hydrogen-bond donors (Lipinski definition) is 2. The van der Waals surface area contributed by atoms with E-state index in [4.69, 9.17) is 9.84 Å². The number of nitrogens with one attached hydrogen (secondary N) is 1. The van der Waals surface area contributed by atoms with Crippen molar-refractivity contribution in [3.63, 3.8) is 0 Å². The summed E-state index contributed by atoms with van der Waals surface area (Å²) in [5.41, 5.74) is -3.10. The van der Waals surface area contributed by atoms with E-state index in [1.165, 1.54) is 14.0 Å². The third kappa shape index (κ3) is 3.47. The van der Waals surface area contributed by atoms with Gasteiger partial charge in [0, 0.05) is 12.5 Å². The molecule has 1 unspecified atom stereocenters. The predicted octanol–water partition coefficient (Wildman–Crippen LogP) is 2.89. The van der Waals surface area contributed by atoms with Gasteiger partial charge < -0.3 is 15.2 Å². The Kier molecular flexibility index (Phi) is 4.37. The number of carbonyl (C=O) groups is 1. The van der Waals surface area contributed by atoms with Crippen molar-refractivity contribution in [2.24, 2.45) is 0 Å². The number of alkyl halides is 3. The lowest BCUT2D eigenvalue weighted by atomic mass is 10.1. The number of rotatable bonds is 4. The molecule has 2 aromatic rings. The van der Waals surface area contributed by atoms with Crippen molar-refractivity contribution in [1.29, 1.82) is 0 Å². The minimum Gasteiger partial charge on any atom is -0.478 e. The van der Waals surface area contributed by atoms with E-state index >= 15 is 0 Å². The topological polar surface area (TPSA) is 84.3 Å². The van der Waals surface area contributed by atoms with Crippen LogP contribution in [0.3, 0.4) is 0 Å². The average Bonchev–Trinajstić information content (AvgIpc) is 2.45. The summed E-state index contributed by atoms with van der Waals surface area (Å²) in [5.74, 6) is -3.04. The Morgan fingerprint density at radius 2 is 2.00 bits per heavy atom. The summed E-state index contributed by atoms with van der Waals surface area (Å²) >= 11 is 0. The molecule has 0 amide bonds. The van der Waals surface area contributed by atoms with E-state index in [0.717, 1.165) is 6.07 Å². The first-order valence-electron chi connectivity index (χ1n) is 6.24. The van der Waals surface area contributed by atoms with Gasteiger partial charge in [0.15, 0.2) is 23.0 Å².